The third-order valence-electron chi connectivity index (χ3n) is 2.55. The molecule has 2 rings (SSSR count). The van der Waals surface area contributed by atoms with E-state index >= 15 is 0 Å². The molecule has 20 heavy (non-hydrogen) atoms. The Kier molecular flexibility index (Phi) is 4.52. The molecule has 0 atom stereocenters. The Morgan fingerprint density at radius 3 is 2.55 bits per heavy atom. The Balaban J connectivity index is 1.99. The van der Waals surface area contributed by atoms with Crippen LogP contribution in [-0.2, 0) is 4.79 Å². The molecule has 0 aliphatic carbocycles. The third-order valence-corrected chi connectivity index (χ3v) is 2.86. The molecule has 0 fully saturated rings. The number of carbonyl (C=O) groups is 2. The number of hydrogen-bond acceptors (Lipinski definition) is 5. The van der Waals surface area contributed by atoms with Crippen LogP contribution in [0.5, 0.6) is 11.5 Å². The van der Waals surface area contributed by atoms with Gasteiger partial charge in [-0.25, -0.2) is 4.79 Å². The van der Waals surface area contributed by atoms with Gasteiger partial charge in [-0.3, -0.25) is 10.1 Å². The molecule has 1 aliphatic heterocycles. The van der Waals surface area contributed by atoms with Crippen LogP contribution in [0.15, 0.2) is 12.1 Å². The minimum atomic E-state index is -0.565. The van der Waals surface area contributed by atoms with Crippen LogP contribution in [0.25, 0.3) is 0 Å². The maximum absolute atomic E-state index is 11.5. The molecule has 1 aromatic rings. The normalized spacial score (nSPS) is 12.5. The number of halogens is 1. The summed E-state index contributed by atoms with van der Waals surface area (Å²) in [6, 6.07) is 2.71. The van der Waals surface area contributed by atoms with E-state index < -0.39 is 11.9 Å². The quantitative estimate of drug-likeness (QED) is 0.774. The van der Waals surface area contributed by atoms with Crippen molar-refractivity contribution in [2.24, 2.45) is 0 Å². The Morgan fingerprint density at radius 2 is 1.90 bits per heavy atom. The molecule has 0 bridgehead atoms. The largest absolute Gasteiger partial charge is 0.486 e. The zero-order valence-corrected chi connectivity index (χ0v) is 11.5. The van der Waals surface area contributed by atoms with Crippen molar-refractivity contribution in [2.45, 2.75) is 0 Å². The van der Waals surface area contributed by atoms with Crippen LogP contribution in [0, 0.1) is 0 Å². The third kappa shape index (κ3) is 3.45. The summed E-state index contributed by atoms with van der Waals surface area (Å²) in [6.07, 6.45) is 0. The van der Waals surface area contributed by atoms with E-state index in [9.17, 15) is 9.59 Å². The first-order valence-electron chi connectivity index (χ1n) is 5.94. The number of nitrogens with one attached hydrogen (secondary N) is 3. The first-order valence-corrected chi connectivity index (χ1v) is 6.32. The summed E-state index contributed by atoms with van der Waals surface area (Å²) in [5.41, 5.74) is 0.531. The Morgan fingerprint density at radius 1 is 1.25 bits per heavy atom. The summed E-state index contributed by atoms with van der Waals surface area (Å²) in [7, 11) is 1.42. The van der Waals surface area contributed by atoms with Gasteiger partial charge in [-0.1, -0.05) is 11.6 Å². The fourth-order valence-corrected chi connectivity index (χ4v) is 1.83. The maximum atomic E-state index is 11.5. The van der Waals surface area contributed by atoms with E-state index in [0.717, 1.165) is 0 Å². The van der Waals surface area contributed by atoms with Gasteiger partial charge in [0.15, 0.2) is 11.5 Å². The van der Waals surface area contributed by atoms with E-state index in [4.69, 9.17) is 21.1 Å². The maximum Gasteiger partial charge on any atom is 0.321 e. The van der Waals surface area contributed by atoms with Gasteiger partial charge in [-0.15, -0.1) is 0 Å². The summed E-state index contributed by atoms with van der Waals surface area (Å²) >= 11 is 6.07. The molecule has 8 heteroatoms. The highest BCUT2D eigenvalue weighted by molar-refractivity contribution is 6.33. The number of anilines is 1. The van der Waals surface area contributed by atoms with Gasteiger partial charge in [0.1, 0.15) is 13.2 Å². The highest BCUT2D eigenvalue weighted by atomic mass is 35.5. The van der Waals surface area contributed by atoms with Crippen molar-refractivity contribution in [3.05, 3.63) is 17.2 Å². The van der Waals surface area contributed by atoms with Crippen molar-refractivity contribution in [3.8, 4) is 11.5 Å². The van der Waals surface area contributed by atoms with Gasteiger partial charge in [-0.2, -0.15) is 0 Å². The molecule has 1 aromatic carbocycles. The summed E-state index contributed by atoms with van der Waals surface area (Å²) in [5, 5.41) is 7.65. The molecule has 0 aromatic heterocycles. The van der Waals surface area contributed by atoms with Gasteiger partial charge in [0.2, 0.25) is 5.91 Å². The number of ether oxygens (including phenoxy) is 2. The van der Waals surface area contributed by atoms with Crippen LogP contribution in [0.1, 0.15) is 0 Å². The van der Waals surface area contributed by atoms with Crippen LogP contribution in [0.4, 0.5) is 10.5 Å². The second-order valence-corrected chi connectivity index (χ2v) is 4.36. The molecule has 0 saturated carbocycles. The van der Waals surface area contributed by atoms with Crippen molar-refractivity contribution in [2.75, 3.05) is 32.1 Å². The van der Waals surface area contributed by atoms with E-state index in [0.29, 0.717) is 35.4 Å². The summed E-state index contributed by atoms with van der Waals surface area (Å²) in [6.45, 7) is 0.850. The number of hydrogen-bond donors (Lipinski definition) is 3. The highest BCUT2D eigenvalue weighted by Crippen LogP contribution is 2.37. The van der Waals surface area contributed by atoms with E-state index in [2.05, 4.69) is 16.0 Å². The minimum Gasteiger partial charge on any atom is -0.486 e. The number of imide groups is 1. The average molecular weight is 300 g/mol. The Bertz CT molecular complexity index is 536. The molecule has 0 spiro atoms. The van der Waals surface area contributed by atoms with Gasteiger partial charge in [0.25, 0.3) is 0 Å². The minimum absolute atomic E-state index is 0.0905. The van der Waals surface area contributed by atoms with Crippen LogP contribution in [0.3, 0.4) is 0 Å². The van der Waals surface area contributed by atoms with Gasteiger partial charge in [-0.05, 0) is 0 Å². The van der Waals surface area contributed by atoms with Gasteiger partial charge in [0.05, 0.1) is 17.3 Å². The molecule has 3 N–H and O–H groups in total. The topological polar surface area (TPSA) is 88.7 Å². The number of rotatable bonds is 3. The van der Waals surface area contributed by atoms with Gasteiger partial charge >= 0.3 is 6.03 Å². The molecule has 0 saturated heterocycles. The lowest BCUT2D eigenvalue weighted by Crippen LogP contribution is -2.40. The van der Waals surface area contributed by atoms with Crippen LogP contribution >= 0.6 is 11.6 Å². The number of benzene rings is 1. The smallest absolute Gasteiger partial charge is 0.321 e. The fourth-order valence-electron chi connectivity index (χ4n) is 1.61. The van der Waals surface area contributed by atoms with Crippen molar-refractivity contribution >= 4 is 29.2 Å². The van der Waals surface area contributed by atoms with E-state index in [1.54, 1.807) is 12.1 Å². The monoisotopic (exact) mass is 299 g/mol. The Labute approximate surface area is 120 Å². The van der Waals surface area contributed by atoms with E-state index in [1.165, 1.54) is 7.05 Å². The average Bonchev–Trinajstić information content (AvgIpc) is 2.44. The second-order valence-electron chi connectivity index (χ2n) is 3.96. The predicted octanol–water partition coefficient (Wildman–Crippen LogP) is 0.979. The molecule has 0 radical (unpaired) electrons. The zero-order valence-electron chi connectivity index (χ0n) is 10.8. The molecular weight excluding hydrogens is 286 g/mol. The summed E-state index contributed by atoms with van der Waals surface area (Å²) in [5.74, 6) is 0.659. The number of urea groups is 1. The van der Waals surface area contributed by atoms with Crippen molar-refractivity contribution < 1.29 is 19.1 Å². The van der Waals surface area contributed by atoms with Crippen molar-refractivity contribution in [1.29, 1.82) is 0 Å². The lowest BCUT2D eigenvalue weighted by atomic mass is 10.2. The van der Waals surface area contributed by atoms with Gasteiger partial charge in [0, 0.05) is 19.2 Å². The second kappa shape index (κ2) is 6.33. The summed E-state index contributed by atoms with van der Waals surface area (Å²) < 4.78 is 10.8. The van der Waals surface area contributed by atoms with E-state index in [-0.39, 0.29) is 6.54 Å². The molecule has 7 nitrogen and oxygen atoms in total. The van der Waals surface area contributed by atoms with Crippen LogP contribution < -0.4 is 25.4 Å². The lowest BCUT2D eigenvalue weighted by molar-refractivity contribution is -0.118. The number of fused-ring (bicyclic) bond motifs is 1. The summed E-state index contributed by atoms with van der Waals surface area (Å²) in [4.78, 5) is 22.4. The van der Waals surface area contributed by atoms with E-state index in [1.807, 2.05) is 0 Å². The SMILES string of the molecule is CNC(=O)NC(=O)CNc1cc2c(cc1Cl)OCCO2. The zero-order chi connectivity index (χ0) is 14.5. The molecule has 1 aliphatic rings. The lowest BCUT2D eigenvalue weighted by Gasteiger charge is -2.20. The molecule has 3 amide bonds. The van der Waals surface area contributed by atoms with Crippen molar-refractivity contribution in [1.82, 2.24) is 10.6 Å². The standard InChI is InChI=1S/C12H14ClN3O4/c1-14-12(18)16-11(17)6-15-8-5-10-9(4-7(8)13)19-2-3-20-10/h4-5,15H,2-3,6H2,1H3,(H2,14,16,17,18). The fraction of sp³-hybridized carbons (Fsp3) is 0.333. The first-order chi connectivity index (χ1) is 9.60. The van der Waals surface area contributed by atoms with Crippen molar-refractivity contribution in [3.63, 3.8) is 0 Å². The molecule has 108 valence electrons. The molecule has 1 heterocycles. The first kappa shape index (κ1) is 14.3. The highest BCUT2D eigenvalue weighted by Gasteiger charge is 2.15. The predicted molar refractivity (Wildman–Crippen MR) is 73.5 cm³/mol. The van der Waals surface area contributed by atoms with Crippen LogP contribution in [0.2, 0.25) is 5.02 Å². The number of carbonyl (C=O) groups excluding carboxylic acids is 2. The Hall–Kier alpha value is -2.15. The molecule has 0 unspecified atom stereocenters. The number of amides is 3. The van der Waals surface area contributed by atoms with Crippen LogP contribution in [-0.4, -0.2) is 38.7 Å². The van der Waals surface area contributed by atoms with Gasteiger partial charge < -0.3 is 20.1 Å². The molecular formula is C12H14ClN3O4.